The molecular formula is C11H21NO3. The molecule has 0 amide bonds. The third kappa shape index (κ3) is 5.14. The first kappa shape index (κ1) is 12.5. The van der Waals surface area contributed by atoms with E-state index in [1.54, 1.807) is 0 Å². The quantitative estimate of drug-likeness (QED) is 0.642. The van der Waals surface area contributed by atoms with E-state index in [0.29, 0.717) is 19.1 Å². The number of hydrogen-bond donors (Lipinski definition) is 2. The predicted octanol–water partition coefficient (Wildman–Crippen LogP) is 1.40. The molecule has 4 nitrogen and oxygen atoms in total. The molecule has 1 rings (SSSR count). The van der Waals surface area contributed by atoms with Crippen molar-refractivity contribution in [3.8, 4) is 0 Å². The Bertz CT molecular complexity index is 204. The van der Waals surface area contributed by atoms with Gasteiger partial charge in [-0.1, -0.05) is 6.92 Å². The fraction of sp³-hybridized carbons (Fsp3) is 0.909. The van der Waals surface area contributed by atoms with E-state index in [-0.39, 0.29) is 6.10 Å². The van der Waals surface area contributed by atoms with Crippen molar-refractivity contribution < 1.29 is 14.6 Å². The Hall–Kier alpha value is -0.610. The zero-order chi connectivity index (χ0) is 11.3. The maximum Gasteiger partial charge on any atom is 0.320 e. The van der Waals surface area contributed by atoms with Crippen molar-refractivity contribution >= 4 is 5.97 Å². The van der Waals surface area contributed by atoms with Crippen LogP contribution in [0.2, 0.25) is 0 Å². The zero-order valence-corrected chi connectivity index (χ0v) is 9.53. The first-order valence-electron chi connectivity index (χ1n) is 5.74. The second kappa shape index (κ2) is 6.08. The molecular weight excluding hydrogens is 194 g/mol. The Labute approximate surface area is 91.0 Å². The van der Waals surface area contributed by atoms with Crippen molar-refractivity contribution in [2.45, 2.75) is 57.7 Å². The number of carbonyl (C=O) groups is 1. The molecule has 1 saturated carbocycles. The summed E-state index contributed by atoms with van der Waals surface area (Å²) in [7, 11) is 0. The first-order valence-corrected chi connectivity index (χ1v) is 5.74. The topological polar surface area (TPSA) is 58.6 Å². The summed E-state index contributed by atoms with van der Waals surface area (Å²) in [4.78, 5) is 10.9. The molecule has 1 aliphatic carbocycles. The minimum absolute atomic E-state index is 0.223. The highest BCUT2D eigenvalue weighted by molar-refractivity contribution is 5.73. The maximum absolute atomic E-state index is 10.9. The maximum atomic E-state index is 10.9. The van der Waals surface area contributed by atoms with Gasteiger partial charge in [-0.25, -0.2) is 0 Å². The van der Waals surface area contributed by atoms with E-state index in [1.165, 1.54) is 0 Å². The molecule has 2 atom stereocenters. The van der Waals surface area contributed by atoms with E-state index >= 15 is 0 Å². The van der Waals surface area contributed by atoms with Crippen LogP contribution in [0.4, 0.5) is 0 Å². The van der Waals surface area contributed by atoms with E-state index < -0.39 is 12.0 Å². The number of nitrogens with one attached hydrogen (secondary N) is 1. The molecule has 0 radical (unpaired) electrons. The predicted molar refractivity (Wildman–Crippen MR) is 57.9 cm³/mol. The summed E-state index contributed by atoms with van der Waals surface area (Å²) in [6.45, 7) is 4.58. The van der Waals surface area contributed by atoms with Crippen LogP contribution in [0.15, 0.2) is 0 Å². The summed E-state index contributed by atoms with van der Waals surface area (Å²) in [6.07, 6.45) is 3.95. The summed E-state index contributed by atoms with van der Waals surface area (Å²) < 4.78 is 5.47. The van der Waals surface area contributed by atoms with Crippen molar-refractivity contribution in [1.82, 2.24) is 5.32 Å². The summed E-state index contributed by atoms with van der Waals surface area (Å²) in [5.41, 5.74) is 0. The van der Waals surface area contributed by atoms with Crippen LogP contribution in [-0.2, 0) is 9.53 Å². The van der Waals surface area contributed by atoms with Crippen molar-refractivity contribution in [2.75, 3.05) is 6.61 Å². The fourth-order valence-corrected chi connectivity index (χ4v) is 1.32. The summed E-state index contributed by atoms with van der Waals surface area (Å²) in [5, 5.41) is 12.1. The number of aliphatic carboxylic acids is 1. The Morgan fingerprint density at radius 1 is 1.60 bits per heavy atom. The molecule has 15 heavy (non-hydrogen) atoms. The standard InChI is InChI=1S/C11H21NO3/c1-3-8(2)15-7-6-10(11(13)14)12-9-4-5-9/h8-10,12H,3-7H2,1-2H3,(H,13,14). The van der Waals surface area contributed by atoms with Gasteiger partial charge in [0.25, 0.3) is 0 Å². The van der Waals surface area contributed by atoms with Crippen LogP contribution in [0, 0.1) is 0 Å². The lowest BCUT2D eigenvalue weighted by Gasteiger charge is -2.16. The summed E-state index contributed by atoms with van der Waals surface area (Å²) in [6, 6.07) is -0.0174. The average Bonchev–Trinajstić information content (AvgIpc) is 2.99. The molecule has 0 aromatic heterocycles. The van der Waals surface area contributed by atoms with Gasteiger partial charge in [-0.3, -0.25) is 4.79 Å². The van der Waals surface area contributed by atoms with Gasteiger partial charge in [0.05, 0.1) is 6.10 Å². The smallest absolute Gasteiger partial charge is 0.320 e. The summed E-state index contributed by atoms with van der Waals surface area (Å²) >= 11 is 0. The van der Waals surface area contributed by atoms with Crippen LogP contribution in [-0.4, -0.2) is 35.9 Å². The van der Waals surface area contributed by atoms with Crippen LogP contribution < -0.4 is 5.32 Å². The number of carboxylic acids is 1. The van der Waals surface area contributed by atoms with Crippen molar-refractivity contribution in [2.24, 2.45) is 0 Å². The second-order valence-corrected chi connectivity index (χ2v) is 4.21. The number of hydrogen-bond acceptors (Lipinski definition) is 3. The van der Waals surface area contributed by atoms with Gasteiger partial charge in [0.2, 0.25) is 0 Å². The van der Waals surface area contributed by atoms with Gasteiger partial charge >= 0.3 is 5.97 Å². The molecule has 88 valence electrons. The largest absolute Gasteiger partial charge is 0.480 e. The van der Waals surface area contributed by atoms with Crippen molar-refractivity contribution in [3.05, 3.63) is 0 Å². The van der Waals surface area contributed by atoms with Crippen LogP contribution in [0.5, 0.6) is 0 Å². The number of ether oxygens (including phenoxy) is 1. The molecule has 0 heterocycles. The van der Waals surface area contributed by atoms with Crippen molar-refractivity contribution in [1.29, 1.82) is 0 Å². The SMILES string of the molecule is CCC(C)OCCC(NC1CC1)C(=O)O. The minimum atomic E-state index is -0.769. The highest BCUT2D eigenvalue weighted by Gasteiger charge is 2.27. The lowest BCUT2D eigenvalue weighted by atomic mass is 10.2. The number of carboxylic acid groups (broad SMARTS) is 1. The molecule has 2 N–H and O–H groups in total. The van der Waals surface area contributed by atoms with Gasteiger partial charge in [0.15, 0.2) is 0 Å². The molecule has 0 spiro atoms. The van der Waals surface area contributed by atoms with Gasteiger partial charge in [-0.15, -0.1) is 0 Å². The Morgan fingerprint density at radius 2 is 2.27 bits per heavy atom. The third-order valence-corrected chi connectivity index (χ3v) is 2.70. The van der Waals surface area contributed by atoms with Crippen LogP contribution >= 0.6 is 0 Å². The summed E-state index contributed by atoms with van der Waals surface area (Å²) in [5.74, 6) is -0.769. The van der Waals surface area contributed by atoms with Crippen LogP contribution in [0.3, 0.4) is 0 Å². The van der Waals surface area contributed by atoms with Crippen LogP contribution in [0.25, 0.3) is 0 Å². The minimum Gasteiger partial charge on any atom is -0.480 e. The van der Waals surface area contributed by atoms with Gasteiger partial charge in [-0.2, -0.15) is 0 Å². The lowest BCUT2D eigenvalue weighted by Crippen LogP contribution is -2.39. The monoisotopic (exact) mass is 215 g/mol. The van der Waals surface area contributed by atoms with E-state index in [2.05, 4.69) is 12.2 Å². The molecule has 4 heteroatoms. The first-order chi connectivity index (χ1) is 7.13. The molecule has 1 fully saturated rings. The highest BCUT2D eigenvalue weighted by atomic mass is 16.5. The van der Waals surface area contributed by atoms with Crippen LogP contribution in [0.1, 0.15) is 39.5 Å². The van der Waals surface area contributed by atoms with Gasteiger partial charge in [-0.05, 0) is 32.6 Å². The average molecular weight is 215 g/mol. The van der Waals surface area contributed by atoms with Gasteiger partial charge < -0.3 is 15.2 Å². The molecule has 0 saturated heterocycles. The Morgan fingerprint density at radius 3 is 2.73 bits per heavy atom. The Balaban J connectivity index is 2.15. The van der Waals surface area contributed by atoms with E-state index in [9.17, 15) is 4.79 Å². The Kier molecular flexibility index (Phi) is 5.05. The van der Waals surface area contributed by atoms with Gasteiger partial charge in [0.1, 0.15) is 6.04 Å². The van der Waals surface area contributed by atoms with E-state index in [0.717, 1.165) is 19.3 Å². The molecule has 0 aromatic rings. The van der Waals surface area contributed by atoms with E-state index in [1.807, 2.05) is 6.92 Å². The molecule has 0 bridgehead atoms. The highest BCUT2D eigenvalue weighted by Crippen LogP contribution is 2.20. The van der Waals surface area contributed by atoms with Gasteiger partial charge in [0, 0.05) is 12.6 Å². The molecule has 0 aromatic carbocycles. The molecule has 2 unspecified atom stereocenters. The molecule has 1 aliphatic rings. The number of rotatable bonds is 8. The normalized spacial score (nSPS) is 19.9. The lowest BCUT2D eigenvalue weighted by molar-refractivity contribution is -0.140. The van der Waals surface area contributed by atoms with Crippen molar-refractivity contribution in [3.63, 3.8) is 0 Å². The third-order valence-electron chi connectivity index (χ3n) is 2.70. The van der Waals surface area contributed by atoms with E-state index in [4.69, 9.17) is 9.84 Å². The fourth-order valence-electron chi connectivity index (χ4n) is 1.32. The second-order valence-electron chi connectivity index (χ2n) is 4.21. The zero-order valence-electron chi connectivity index (χ0n) is 9.53. The molecule has 0 aliphatic heterocycles.